The van der Waals surface area contributed by atoms with Gasteiger partial charge in [0.05, 0.1) is 17.5 Å². The molecule has 1 aromatic rings. The van der Waals surface area contributed by atoms with E-state index >= 15 is 0 Å². The number of benzene rings is 1. The number of rotatable bonds is 3. The number of carbonyl (C=O) groups is 1. The van der Waals surface area contributed by atoms with Gasteiger partial charge in [0.25, 0.3) is 0 Å². The molecule has 0 saturated heterocycles. The molecule has 0 bridgehead atoms. The molecule has 0 heterocycles. The lowest BCUT2D eigenvalue weighted by Crippen LogP contribution is -2.08. The lowest BCUT2D eigenvalue weighted by molar-refractivity contribution is -0.128. The lowest BCUT2D eigenvalue weighted by atomic mass is 10.3. The molecule has 11 heavy (non-hydrogen) atoms. The minimum atomic E-state index is 0.264. The van der Waals surface area contributed by atoms with Crippen molar-refractivity contribution >= 4 is 23.9 Å². The third kappa shape index (κ3) is 2.13. The van der Waals surface area contributed by atoms with Gasteiger partial charge in [0.15, 0.2) is 0 Å². The van der Waals surface area contributed by atoms with Gasteiger partial charge in [-0.05, 0) is 12.1 Å². The average Bonchev–Trinajstić information content (AvgIpc) is 2.07. The summed E-state index contributed by atoms with van der Waals surface area (Å²) in [6.45, 7) is 0.264. The summed E-state index contributed by atoms with van der Waals surface area (Å²) in [7, 11) is 0. The molecule has 0 atom stereocenters. The number of hydrogen-bond acceptors (Lipinski definition) is 3. The summed E-state index contributed by atoms with van der Waals surface area (Å²) in [5.74, 6) is 0. The summed E-state index contributed by atoms with van der Waals surface area (Å²) in [6, 6.07) is 8.86. The van der Waals surface area contributed by atoms with Crippen LogP contribution in [0.25, 0.3) is 0 Å². The van der Waals surface area contributed by atoms with E-state index in [2.05, 4.69) is 4.84 Å². The zero-order chi connectivity index (χ0) is 8.10. The fraction of sp³-hybridized carbons (Fsp3) is 0. The van der Waals surface area contributed by atoms with E-state index < -0.39 is 0 Å². The molecule has 0 spiro atoms. The first-order valence-electron chi connectivity index (χ1n) is 2.96. The van der Waals surface area contributed by atoms with E-state index in [1.54, 1.807) is 24.3 Å². The van der Waals surface area contributed by atoms with E-state index in [-0.39, 0.29) is 6.47 Å². The Balaban J connectivity index is 2.68. The van der Waals surface area contributed by atoms with Crippen molar-refractivity contribution < 1.29 is 9.63 Å². The third-order valence-corrected chi connectivity index (χ3v) is 1.37. The zero-order valence-electron chi connectivity index (χ0n) is 5.61. The largest absolute Gasteiger partial charge is 0.328 e. The standard InChI is InChI=1S/C7H6ClNO2/c8-9(11-6-10)7-4-2-1-3-5-7/h1-6H. The molecule has 0 aliphatic carbocycles. The van der Waals surface area contributed by atoms with Gasteiger partial charge in [0, 0.05) is 0 Å². The van der Waals surface area contributed by atoms with E-state index in [4.69, 9.17) is 11.8 Å². The topological polar surface area (TPSA) is 29.5 Å². The Bertz CT molecular complexity index is 227. The number of carbonyl (C=O) groups excluding carboxylic acids is 1. The monoisotopic (exact) mass is 171 g/mol. The maximum absolute atomic E-state index is 9.84. The molecule has 0 aromatic heterocycles. The normalized spacial score (nSPS) is 8.82. The highest BCUT2D eigenvalue weighted by Crippen LogP contribution is 2.14. The van der Waals surface area contributed by atoms with Crippen molar-refractivity contribution in [3.63, 3.8) is 0 Å². The van der Waals surface area contributed by atoms with Crippen LogP contribution in [0.15, 0.2) is 30.3 Å². The van der Waals surface area contributed by atoms with Gasteiger partial charge in [-0.25, -0.2) is 0 Å². The van der Waals surface area contributed by atoms with Crippen molar-refractivity contribution in [1.29, 1.82) is 0 Å². The van der Waals surface area contributed by atoms with Crippen LogP contribution in [0.4, 0.5) is 5.69 Å². The molecular weight excluding hydrogens is 166 g/mol. The molecule has 0 N–H and O–H groups in total. The van der Waals surface area contributed by atoms with Crippen LogP contribution in [0.5, 0.6) is 0 Å². The van der Waals surface area contributed by atoms with Gasteiger partial charge in [0.2, 0.25) is 0 Å². The van der Waals surface area contributed by atoms with Gasteiger partial charge in [0.1, 0.15) is 0 Å². The van der Waals surface area contributed by atoms with Crippen LogP contribution in [-0.4, -0.2) is 6.47 Å². The van der Waals surface area contributed by atoms with E-state index in [1.807, 2.05) is 6.07 Å². The van der Waals surface area contributed by atoms with Crippen molar-refractivity contribution in [3.8, 4) is 0 Å². The predicted molar refractivity (Wildman–Crippen MR) is 41.9 cm³/mol. The van der Waals surface area contributed by atoms with Crippen molar-refractivity contribution in [2.75, 3.05) is 4.58 Å². The lowest BCUT2D eigenvalue weighted by Gasteiger charge is -2.09. The molecule has 3 nitrogen and oxygen atoms in total. The molecule has 0 radical (unpaired) electrons. The van der Waals surface area contributed by atoms with Gasteiger partial charge in [-0.15, -0.1) is 4.58 Å². The molecule has 0 saturated carbocycles. The smallest absolute Gasteiger partial charge is 0.322 e. The van der Waals surface area contributed by atoms with Gasteiger partial charge in [-0.1, -0.05) is 18.2 Å². The Morgan fingerprint density at radius 2 is 2.00 bits per heavy atom. The highest BCUT2D eigenvalue weighted by Gasteiger charge is 1.99. The van der Waals surface area contributed by atoms with E-state index in [0.29, 0.717) is 5.69 Å². The van der Waals surface area contributed by atoms with Gasteiger partial charge in [-0.3, -0.25) is 4.79 Å². The first-order valence-corrected chi connectivity index (χ1v) is 3.30. The van der Waals surface area contributed by atoms with Crippen molar-refractivity contribution in [1.82, 2.24) is 0 Å². The van der Waals surface area contributed by atoms with Gasteiger partial charge in [-0.2, -0.15) is 0 Å². The molecule has 0 unspecified atom stereocenters. The summed E-state index contributed by atoms with van der Waals surface area (Å²) >= 11 is 5.49. The predicted octanol–water partition coefficient (Wildman–Crippen LogP) is 1.73. The van der Waals surface area contributed by atoms with Crippen LogP contribution >= 0.6 is 11.8 Å². The van der Waals surface area contributed by atoms with E-state index in [1.165, 1.54) is 0 Å². The first-order chi connectivity index (χ1) is 5.34. The van der Waals surface area contributed by atoms with E-state index in [9.17, 15) is 4.79 Å². The maximum Gasteiger partial charge on any atom is 0.322 e. The Morgan fingerprint density at radius 1 is 1.36 bits per heavy atom. The van der Waals surface area contributed by atoms with Gasteiger partial charge >= 0.3 is 6.47 Å². The van der Waals surface area contributed by atoms with Crippen molar-refractivity contribution in [2.24, 2.45) is 0 Å². The number of anilines is 1. The molecular formula is C7H6ClNO2. The molecule has 4 heteroatoms. The molecule has 0 amide bonds. The summed E-state index contributed by atoms with van der Waals surface area (Å²) in [5, 5.41) is 0. The molecule has 1 aromatic carbocycles. The maximum atomic E-state index is 9.84. The molecule has 0 fully saturated rings. The van der Waals surface area contributed by atoms with E-state index in [0.717, 1.165) is 4.58 Å². The minimum absolute atomic E-state index is 0.264. The van der Waals surface area contributed by atoms with Crippen LogP contribution in [0.1, 0.15) is 0 Å². The SMILES string of the molecule is O=CON(Cl)c1ccccc1. The fourth-order valence-electron chi connectivity index (χ4n) is 0.644. The number of nitrogens with zero attached hydrogens (tertiary/aromatic N) is 1. The molecule has 0 aliphatic rings. The van der Waals surface area contributed by atoms with Gasteiger partial charge < -0.3 is 4.84 Å². The zero-order valence-corrected chi connectivity index (χ0v) is 6.36. The second kappa shape index (κ2) is 3.83. The second-order valence-corrected chi connectivity index (χ2v) is 2.09. The average molecular weight is 172 g/mol. The van der Waals surface area contributed by atoms with Crippen LogP contribution in [-0.2, 0) is 9.63 Å². The molecule has 58 valence electrons. The minimum Gasteiger partial charge on any atom is -0.328 e. The van der Waals surface area contributed by atoms with Crippen LogP contribution < -0.4 is 4.58 Å². The Hall–Kier alpha value is -1.22. The fourth-order valence-corrected chi connectivity index (χ4v) is 0.789. The number of halogens is 1. The Kier molecular flexibility index (Phi) is 2.74. The van der Waals surface area contributed by atoms with Crippen molar-refractivity contribution in [2.45, 2.75) is 0 Å². The number of hydrogen-bond donors (Lipinski definition) is 0. The summed E-state index contributed by atoms with van der Waals surface area (Å²) < 4.78 is 0.868. The van der Waals surface area contributed by atoms with Crippen LogP contribution in [0.3, 0.4) is 0 Å². The first kappa shape index (κ1) is 7.88. The number of para-hydroxylation sites is 1. The molecule has 1 rings (SSSR count). The highest BCUT2D eigenvalue weighted by molar-refractivity contribution is 6.24. The quantitative estimate of drug-likeness (QED) is 0.394. The highest BCUT2D eigenvalue weighted by atomic mass is 35.5. The summed E-state index contributed by atoms with van der Waals surface area (Å²) in [5.41, 5.74) is 0.612. The Morgan fingerprint density at radius 3 is 2.55 bits per heavy atom. The van der Waals surface area contributed by atoms with Crippen LogP contribution in [0.2, 0.25) is 0 Å². The third-order valence-electron chi connectivity index (χ3n) is 1.09. The summed E-state index contributed by atoms with van der Waals surface area (Å²) in [6.07, 6.45) is 0. The van der Waals surface area contributed by atoms with Crippen LogP contribution in [0, 0.1) is 0 Å². The van der Waals surface area contributed by atoms with Crippen molar-refractivity contribution in [3.05, 3.63) is 30.3 Å². The summed E-state index contributed by atoms with van der Waals surface area (Å²) in [4.78, 5) is 14.2. The molecule has 0 aliphatic heterocycles. The Labute approximate surface area is 69.2 Å². The second-order valence-electron chi connectivity index (χ2n) is 1.78.